The number of aromatic nitrogens is 2. The molecular weight excluding hydrogens is 238 g/mol. The third kappa shape index (κ3) is 2.21. The van der Waals surface area contributed by atoms with Gasteiger partial charge in [-0.1, -0.05) is 32.8 Å². The molecule has 1 atom stereocenters. The first-order chi connectivity index (χ1) is 9.01. The van der Waals surface area contributed by atoms with Crippen LogP contribution in [0.5, 0.6) is 0 Å². The van der Waals surface area contributed by atoms with Crippen LogP contribution in [0.1, 0.15) is 38.3 Å². The molecule has 0 aliphatic carbocycles. The Kier molecular flexibility index (Phi) is 3.80. The highest BCUT2D eigenvalue weighted by atomic mass is 16.1. The first kappa shape index (κ1) is 13.9. The maximum absolute atomic E-state index is 11.9. The Bertz CT molecular complexity index is 635. The van der Waals surface area contributed by atoms with Crippen LogP contribution in [0.4, 0.5) is 0 Å². The van der Waals surface area contributed by atoms with Crippen molar-refractivity contribution in [1.29, 1.82) is 0 Å². The number of nitrogens with zero attached hydrogens (tertiary/aromatic N) is 2. The van der Waals surface area contributed by atoms with Crippen molar-refractivity contribution in [3.63, 3.8) is 0 Å². The molecule has 2 aromatic rings. The van der Waals surface area contributed by atoms with Gasteiger partial charge in [-0.3, -0.25) is 9.13 Å². The topological polar surface area (TPSA) is 52.9 Å². The molecule has 0 fully saturated rings. The van der Waals surface area contributed by atoms with Gasteiger partial charge in [-0.2, -0.15) is 0 Å². The molecule has 0 spiro atoms. The minimum Gasteiger partial charge on any atom is -0.324 e. The van der Waals surface area contributed by atoms with Crippen molar-refractivity contribution in [2.24, 2.45) is 25.7 Å². The highest BCUT2D eigenvalue weighted by molar-refractivity contribution is 5.77. The molecule has 1 unspecified atom stereocenters. The average molecular weight is 261 g/mol. The average Bonchev–Trinajstić information content (AvgIpc) is 2.65. The van der Waals surface area contributed by atoms with E-state index in [1.165, 1.54) is 0 Å². The number of hydrogen-bond acceptors (Lipinski definition) is 2. The van der Waals surface area contributed by atoms with Gasteiger partial charge in [-0.15, -0.1) is 0 Å². The van der Waals surface area contributed by atoms with Crippen LogP contribution in [-0.4, -0.2) is 9.13 Å². The molecule has 104 valence electrons. The molecule has 19 heavy (non-hydrogen) atoms. The van der Waals surface area contributed by atoms with Crippen LogP contribution in [0.25, 0.3) is 11.0 Å². The van der Waals surface area contributed by atoms with Crippen LogP contribution >= 0.6 is 0 Å². The first-order valence-electron chi connectivity index (χ1n) is 6.92. The molecule has 0 amide bonds. The molecular formula is C15H23N3O. The van der Waals surface area contributed by atoms with Crippen molar-refractivity contribution in [3.05, 3.63) is 34.2 Å². The van der Waals surface area contributed by atoms with Crippen LogP contribution in [0.15, 0.2) is 23.0 Å². The third-order valence-corrected chi connectivity index (χ3v) is 4.24. The predicted molar refractivity (Wildman–Crippen MR) is 79.2 cm³/mol. The summed E-state index contributed by atoms with van der Waals surface area (Å²) in [4.78, 5) is 11.9. The minimum atomic E-state index is 0.00301. The highest BCUT2D eigenvalue weighted by Crippen LogP contribution is 2.27. The Hall–Kier alpha value is -1.55. The number of rotatable bonds is 4. The van der Waals surface area contributed by atoms with E-state index in [2.05, 4.69) is 19.9 Å². The Morgan fingerprint density at radius 3 is 2.26 bits per heavy atom. The predicted octanol–water partition coefficient (Wildman–Crippen LogP) is 2.31. The molecule has 0 radical (unpaired) electrons. The van der Waals surface area contributed by atoms with Gasteiger partial charge in [-0.05, 0) is 23.6 Å². The van der Waals surface area contributed by atoms with E-state index in [4.69, 9.17) is 5.73 Å². The summed E-state index contributed by atoms with van der Waals surface area (Å²) >= 11 is 0. The number of aryl methyl sites for hydroxylation is 2. The van der Waals surface area contributed by atoms with Crippen LogP contribution in [0.3, 0.4) is 0 Å². The number of benzene rings is 1. The molecule has 1 aromatic carbocycles. The maximum atomic E-state index is 11.9. The van der Waals surface area contributed by atoms with Gasteiger partial charge in [0.05, 0.1) is 11.0 Å². The zero-order valence-electron chi connectivity index (χ0n) is 12.2. The maximum Gasteiger partial charge on any atom is 0.328 e. The molecule has 2 N–H and O–H groups in total. The third-order valence-electron chi connectivity index (χ3n) is 4.24. The van der Waals surface area contributed by atoms with E-state index in [0.29, 0.717) is 5.92 Å². The smallest absolute Gasteiger partial charge is 0.324 e. The van der Waals surface area contributed by atoms with Gasteiger partial charge in [0.15, 0.2) is 0 Å². The number of hydrogen-bond donors (Lipinski definition) is 1. The Morgan fingerprint density at radius 1 is 1.11 bits per heavy atom. The van der Waals surface area contributed by atoms with Gasteiger partial charge in [0.25, 0.3) is 0 Å². The van der Waals surface area contributed by atoms with Crippen LogP contribution < -0.4 is 11.4 Å². The van der Waals surface area contributed by atoms with Crippen LogP contribution in [-0.2, 0) is 14.1 Å². The lowest BCUT2D eigenvalue weighted by Gasteiger charge is -2.21. The zero-order chi connectivity index (χ0) is 14.2. The summed E-state index contributed by atoms with van der Waals surface area (Å²) in [5.41, 5.74) is 9.37. The highest BCUT2D eigenvalue weighted by Gasteiger charge is 2.17. The molecule has 2 rings (SSSR count). The van der Waals surface area contributed by atoms with Gasteiger partial charge in [-0.25, -0.2) is 4.79 Å². The largest absolute Gasteiger partial charge is 0.328 e. The number of nitrogens with two attached hydrogens (primary N) is 1. The van der Waals surface area contributed by atoms with Crippen molar-refractivity contribution in [2.45, 2.75) is 32.7 Å². The van der Waals surface area contributed by atoms with Gasteiger partial charge in [0.1, 0.15) is 0 Å². The van der Waals surface area contributed by atoms with Crippen molar-refractivity contribution in [2.75, 3.05) is 0 Å². The monoisotopic (exact) mass is 261 g/mol. The summed E-state index contributed by atoms with van der Waals surface area (Å²) < 4.78 is 3.35. The number of fused-ring (bicyclic) bond motifs is 1. The molecule has 0 bridgehead atoms. The fourth-order valence-electron chi connectivity index (χ4n) is 2.80. The molecule has 0 saturated carbocycles. The lowest BCUT2D eigenvalue weighted by atomic mass is 9.89. The molecule has 1 aromatic heterocycles. The lowest BCUT2D eigenvalue weighted by Crippen LogP contribution is -2.20. The van der Waals surface area contributed by atoms with Crippen molar-refractivity contribution in [3.8, 4) is 0 Å². The van der Waals surface area contributed by atoms with Gasteiger partial charge >= 0.3 is 5.69 Å². The van der Waals surface area contributed by atoms with Gasteiger partial charge in [0, 0.05) is 20.1 Å². The van der Waals surface area contributed by atoms with E-state index in [1.54, 1.807) is 23.2 Å². The first-order valence-corrected chi connectivity index (χ1v) is 6.92. The normalized spacial score (nSPS) is 13.4. The quantitative estimate of drug-likeness (QED) is 0.918. The zero-order valence-corrected chi connectivity index (χ0v) is 12.2. The van der Waals surface area contributed by atoms with Crippen molar-refractivity contribution < 1.29 is 0 Å². The lowest BCUT2D eigenvalue weighted by molar-refractivity contribution is 0.405. The van der Waals surface area contributed by atoms with E-state index in [-0.39, 0.29) is 11.7 Å². The molecule has 4 heteroatoms. The van der Waals surface area contributed by atoms with Gasteiger partial charge in [0.2, 0.25) is 0 Å². The fraction of sp³-hybridized carbons (Fsp3) is 0.533. The summed E-state index contributed by atoms with van der Waals surface area (Å²) in [6.45, 7) is 4.34. The second-order valence-electron chi connectivity index (χ2n) is 5.25. The second kappa shape index (κ2) is 5.21. The number of imidazole rings is 1. The summed E-state index contributed by atoms with van der Waals surface area (Å²) in [5.74, 6) is 0.484. The van der Waals surface area contributed by atoms with Crippen molar-refractivity contribution >= 4 is 11.0 Å². The molecule has 0 aliphatic heterocycles. The van der Waals surface area contributed by atoms with E-state index in [9.17, 15) is 4.79 Å². The standard InChI is InChI=1S/C15H23N3O/c1-5-10(6-2)14(16)11-7-8-12-13(9-11)18(4)15(19)17(12)3/h7-10,14H,5-6,16H2,1-4H3. The minimum absolute atomic E-state index is 0.00301. The SMILES string of the molecule is CCC(CC)C(N)c1ccc2c(c1)n(C)c(=O)n2C. The summed E-state index contributed by atoms with van der Waals surface area (Å²) in [6.07, 6.45) is 2.15. The molecule has 4 nitrogen and oxygen atoms in total. The van der Waals surface area contributed by atoms with E-state index in [0.717, 1.165) is 29.4 Å². The Morgan fingerprint density at radius 2 is 1.68 bits per heavy atom. The second-order valence-corrected chi connectivity index (χ2v) is 5.25. The molecule has 0 saturated heterocycles. The van der Waals surface area contributed by atoms with E-state index in [1.807, 2.05) is 12.1 Å². The van der Waals surface area contributed by atoms with Crippen LogP contribution in [0.2, 0.25) is 0 Å². The van der Waals surface area contributed by atoms with E-state index < -0.39 is 0 Å². The molecule has 0 aliphatic rings. The molecule has 1 heterocycles. The van der Waals surface area contributed by atoms with Crippen molar-refractivity contribution in [1.82, 2.24) is 9.13 Å². The van der Waals surface area contributed by atoms with E-state index >= 15 is 0 Å². The summed E-state index contributed by atoms with van der Waals surface area (Å²) in [5, 5.41) is 0. The Labute approximate surface area is 113 Å². The fourth-order valence-corrected chi connectivity index (χ4v) is 2.80. The summed E-state index contributed by atoms with van der Waals surface area (Å²) in [7, 11) is 3.60. The van der Waals surface area contributed by atoms with Crippen LogP contribution in [0, 0.1) is 5.92 Å². The summed E-state index contributed by atoms with van der Waals surface area (Å²) in [6, 6.07) is 6.13. The Balaban J connectivity index is 2.53. The van der Waals surface area contributed by atoms with Gasteiger partial charge < -0.3 is 5.73 Å².